The number of nitrogens with zero attached hydrogens (tertiary/aromatic N) is 2. The van der Waals surface area contributed by atoms with Gasteiger partial charge in [0.2, 0.25) is 0 Å². The molecule has 1 aromatic rings. The first-order valence-corrected chi connectivity index (χ1v) is 6.89. The van der Waals surface area contributed by atoms with Crippen LogP contribution >= 0.6 is 15.9 Å². The Hall–Kier alpha value is -1.12. The molecule has 0 spiro atoms. The highest BCUT2D eigenvalue weighted by molar-refractivity contribution is 9.10. The standard InChI is InChI=1S/C11H17BrN4O3/c1-2-13-10(18)16-6-11(7-16,19-4-3-17)8-5-9(12)15-14-8/h5,17H,2-4,6-7H2,1H3,(H,13,18)(H,14,15). The number of amides is 2. The maximum atomic E-state index is 11.7. The molecule has 0 saturated carbocycles. The lowest BCUT2D eigenvalue weighted by atomic mass is 9.90. The number of rotatable bonds is 5. The smallest absolute Gasteiger partial charge is 0.317 e. The average Bonchev–Trinajstić information content (AvgIpc) is 2.75. The number of aliphatic hydroxyl groups excluding tert-OH is 1. The summed E-state index contributed by atoms with van der Waals surface area (Å²) in [5.41, 5.74) is 0.195. The van der Waals surface area contributed by atoms with E-state index in [1.165, 1.54) is 0 Å². The van der Waals surface area contributed by atoms with Gasteiger partial charge in [0.25, 0.3) is 0 Å². The lowest BCUT2D eigenvalue weighted by molar-refractivity contribution is -0.142. The van der Waals surface area contributed by atoms with Crippen LogP contribution in [0.5, 0.6) is 0 Å². The fourth-order valence-corrected chi connectivity index (χ4v) is 2.41. The lowest BCUT2D eigenvalue weighted by Gasteiger charge is -2.48. The molecule has 1 fully saturated rings. The first-order valence-electron chi connectivity index (χ1n) is 6.10. The van der Waals surface area contributed by atoms with Gasteiger partial charge in [-0.2, -0.15) is 5.10 Å². The molecule has 2 rings (SSSR count). The SMILES string of the molecule is CCNC(=O)N1CC(OCCO)(c2cc(Br)n[nH]2)C1. The van der Waals surface area contributed by atoms with Gasteiger partial charge in [0.05, 0.1) is 32.0 Å². The third kappa shape index (κ3) is 2.90. The van der Waals surface area contributed by atoms with Crippen molar-refractivity contribution in [3.05, 3.63) is 16.4 Å². The molecule has 0 radical (unpaired) electrons. The highest BCUT2D eigenvalue weighted by Crippen LogP contribution is 2.35. The van der Waals surface area contributed by atoms with Gasteiger partial charge in [0, 0.05) is 6.54 Å². The Labute approximate surface area is 119 Å². The van der Waals surface area contributed by atoms with Crippen LogP contribution < -0.4 is 5.32 Å². The summed E-state index contributed by atoms with van der Waals surface area (Å²) in [6.45, 7) is 3.51. The van der Waals surface area contributed by atoms with E-state index in [0.29, 0.717) is 24.2 Å². The van der Waals surface area contributed by atoms with Crippen LogP contribution in [0.4, 0.5) is 4.79 Å². The van der Waals surface area contributed by atoms with Gasteiger partial charge in [-0.05, 0) is 28.9 Å². The quantitative estimate of drug-likeness (QED) is 0.729. The van der Waals surface area contributed by atoms with Crippen molar-refractivity contribution in [1.29, 1.82) is 0 Å². The summed E-state index contributed by atoms with van der Waals surface area (Å²) in [7, 11) is 0. The highest BCUT2D eigenvalue weighted by Gasteiger charge is 2.49. The Morgan fingerprint density at radius 3 is 3.00 bits per heavy atom. The molecule has 0 bridgehead atoms. The number of urea groups is 1. The van der Waals surface area contributed by atoms with Crippen molar-refractivity contribution in [2.75, 3.05) is 32.8 Å². The van der Waals surface area contributed by atoms with Crippen molar-refractivity contribution < 1.29 is 14.6 Å². The van der Waals surface area contributed by atoms with E-state index < -0.39 is 5.60 Å². The minimum atomic E-state index is -0.604. The molecule has 0 aromatic carbocycles. The zero-order chi connectivity index (χ0) is 13.9. The third-order valence-electron chi connectivity index (χ3n) is 3.01. The van der Waals surface area contributed by atoms with E-state index in [2.05, 4.69) is 31.4 Å². The number of aromatic amines is 1. The van der Waals surface area contributed by atoms with Crippen molar-refractivity contribution in [3.8, 4) is 0 Å². The van der Waals surface area contributed by atoms with Gasteiger partial charge in [-0.3, -0.25) is 5.10 Å². The second-order valence-corrected chi connectivity index (χ2v) is 5.17. The molecule has 19 heavy (non-hydrogen) atoms. The zero-order valence-electron chi connectivity index (χ0n) is 10.6. The summed E-state index contributed by atoms with van der Waals surface area (Å²) < 4.78 is 6.39. The Kier molecular flexibility index (Phi) is 4.43. The van der Waals surface area contributed by atoms with Crippen LogP contribution in [0.2, 0.25) is 0 Å². The molecule has 3 N–H and O–H groups in total. The highest BCUT2D eigenvalue weighted by atomic mass is 79.9. The van der Waals surface area contributed by atoms with Crippen LogP contribution in [0, 0.1) is 0 Å². The number of ether oxygens (including phenoxy) is 1. The molecule has 2 heterocycles. The number of carbonyl (C=O) groups excluding carboxylic acids is 1. The molecule has 0 atom stereocenters. The van der Waals surface area contributed by atoms with E-state index in [-0.39, 0.29) is 19.2 Å². The van der Waals surface area contributed by atoms with Crippen LogP contribution in [0.15, 0.2) is 10.7 Å². The largest absolute Gasteiger partial charge is 0.394 e. The molecule has 2 amide bonds. The zero-order valence-corrected chi connectivity index (χ0v) is 12.2. The summed E-state index contributed by atoms with van der Waals surface area (Å²) in [4.78, 5) is 13.4. The molecular formula is C11H17BrN4O3. The van der Waals surface area contributed by atoms with Crippen molar-refractivity contribution in [3.63, 3.8) is 0 Å². The Balaban J connectivity index is 2.06. The number of nitrogens with one attached hydrogen (secondary N) is 2. The van der Waals surface area contributed by atoms with E-state index in [1.807, 2.05) is 13.0 Å². The van der Waals surface area contributed by atoms with Gasteiger partial charge >= 0.3 is 6.03 Å². The monoisotopic (exact) mass is 332 g/mol. The predicted molar refractivity (Wildman–Crippen MR) is 71.6 cm³/mol. The van der Waals surface area contributed by atoms with Gasteiger partial charge in [0.1, 0.15) is 10.2 Å². The summed E-state index contributed by atoms with van der Waals surface area (Å²) in [5.74, 6) is 0. The van der Waals surface area contributed by atoms with Gasteiger partial charge < -0.3 is 20.1 Å². The number of aliphatic hydroxyl groups is 1. The molecule has 106 valence electrons. The van der Waals surface area contributed by atoms with Crippen LogP contribution in [0.25, 0.3) is 0 Å². The van der Waals surface area contributed by atoms with E-state index in [0.717, 1.165) is 5.69 Å². The molecule has 1 aromatic heterocycles. The van der Waals surface area contributed by atoms with Crippen LogP contribution in [0.3, 0.4) is 0 Å². The van der Waals surface area contributed by atoms with Gasteiger partial charge in [-0.15, -0.1) is 0 Å². The minimum absolute atomic E-state index is 0.0573. The van der Waals surface area contributed by atoms with E-state index in [9.17, 15) is 4.79 Å². The maximum Gasteiger partial charge on any atom is 0.317 e. The van der Waals surface area contributed by atoms with Gasteiger partial charge in [-0.25, -0.2) is 4.79 Å². The normalized spacial score (nSPS) is 17.1. The minimum Gasteiger partial charge on any atom is -0.394 e. The number of hydrogen-bond donors (Lipinski definition) is 3. The molecule has 0 unspecified atom stereocenters. The number of likely N-dealkylation sites (tertiary alicyclic amines) is 1. The number of aromatic nitrogens is 2. The summed E-state index contributed by atoms with van der Waals surface area (Å²) in [6.07, 6.45) is 0. The number of H-pyrrole nitrogens is 1. The average molecular weight is 333 g/mol. The van der Waals surface area contributed by atoms with Crippen molar-refractivity contribution in [1.82, 2.24) is 20.4 Å². The molecular weight excluding hydrogens is 316 g/mol. The fourth-order valence-electron chi connectivity index (χ4n) is 2.09. The van der Waals surface area contributed by atoms with Crippen LogP contribution in [0.1, 0.15) is 12.6 Å². The Morgan fingerprint density at radius 2 is 2.47 bits per heavy atom. The Bertz CT molecular complexity index is 445. The summed E-state index contributed by atoms with van der Waals surface area (Å²) >= 11 is 3.27. The van der Waals surface area contributed by atoms with Crippen LogP contribution in [-0.4, -0.2) is 59.1 Å². The lowest BCUT2D eigenvalue weighted by Crippen LogP contribution is -2.64. The topological polar surface area (TPSA) is 90.5 Å². The first kappa shape index (κ1) is 14.3. The predicted octanol–water partition coefficient (Wildman–Crippen LogP) is 0.421. The molecule has 8 heteroatoms. The number of halogens is 1. The summed E-state index contributed by atoms with van der Waals surface area (Å²) in [5, 5.41) is 18.5. The van der Waals surface area contributed by atoms with Crippen molar-refractivity contribution in [2.24, 2.45) is 0 Å². The second kappa shape index (κ2) is 5.89. The van der Waals surface area contributed by atoms with Gasteiger partial charge in [0.15, 0.2) is 0 Å². The van der Waals surface area contributed by atoms with E-state index in [4.69, 9.17) is 9.84 Å². The fraction of sp³-hybridized carbons (Fsp3) is 0.636. The van der Waals surface area contributed by atoms with Crippen molar-refractivity contribution in [2.45, 2.75) is 12.5 Å². The van der Waals surface area contributed by atoms with E-state index in [1.54, 1.807) is 4.90 Å². The molecule has 1 aliphatic heterocycles. The summed E-state index contributed by atoms with van der Waals surface area (Å²) in [6, 6.07) is 1.72. The molecule has 1 saturated heterocycles. The molecule has 1 aliphatic rings. The second-order valence-electron chi connectivity index (χ2n) is 4.36. The number of hydrogen-bond acceptors (Lipinski definition) is 4. The molecule has 7 nitrogen and oxygen atoms in total. The van der Waals surface area contributed by atoms with E-state index >= 15 is 0 Å². The third-order valence-corrected chi connectivity index (χ3v) is 3.42. The van der Waals surface area contributed by atoms with Crippen LogP contribution in [-0.2, 0) is 10.3 Å². The van der Waals surface area contributed by atoms with Crippen molar-refractivity contribution >= 4 is 22.0 Å². The maximum absolute atomic E-state index is 11.7. The van der Waals surface area contributed by atoms with Gasteiger partial charge in [-0.1, -0.05) is 0 Å². The Morgan fingerprint density at radius 1 is 1.74 bits per heavy atom. The molecule has 0 aliphatic carbocycles. The first-order chi connectivity index (χ1) is 9.11. The number of carbonyl (C=O) groups is 1.